The van der Waals surface area contributed by atoms with Gasteiger partial charge in [0, 0.05) is 17.0 Å². The van der Waals surface area contributed by atoms with Crippen LogP contribution in [0.25, 0.3) is 11.3 Å². The third-order valence-electron chi connectivity index (χ3n) is 5.07. The first-order valence-electron chi connectivity index (χ1n) is 8.82. The summed E-state index contributed by atoms with van der Waals surface area (Å²) in [4.78, 5) is 14.0. The Morgan fingerprint density at radius 2 is 2.04 bits per heavy atom. The van der Waals surface area contributed by atoms with Gasteiger partial charge in [0.25, 0.3) is 0 Å². The molecule has 4 nitrogen and oxygen atoms in total. The molecule has 7 heteroatoms. The van der Waals surface area contributed by atoms with E-state index in [0.29, 0.717) is 5.69 Å². The highest BCUT2D eigenvalue weighted by atomic mass is 32.1. The first-order valence-corrected chi connectivity index (χ1v) is 9.70. The Labute approximate surface area is 159 Å². The van der Waals surface area contributed by atoms with Crippen molar-refractivity contribution < 1.29 is 18.1 Å². The highest BCUT2D eigenvalue weighted by Gasteiger charge is 2.43. The number of carbonyl (C=O) groups excluding carboxylic acids is 1. The zero-order valence-electron chi connectivity index (χ0n) is 14.5. The smallest absolute Gasteiger partial charge is 0.231 e. The fourth-order valence-electron chi connectivity index (χ4n) is 3.67. The predicted octanol–water partition coefficient (Wildman–Crippen LogP) is 4.81. The van der Waals surface area contributed by atoms with Gasteiger partial charge in [-0.2, -0.15) is 0 Å². The second-order valence-corrected chi connectivity index (χ2v) is 7.70. The number of aromatic nitrogens is 1. The van der Waals surface area contributed by atoms with Gasteiger partial charge in [0.2, 0.25) is 5.91 Å². The molecule has 140 valence electrons. The van der Waals surface area contributed by atoms with E-state index in [2.05, 4.69) is 10.5 Å². The minimum atomic E-state index is -0.718. The Hall–Kier alpha value is -2.54. The van der Waals surface area contributed by atoms with E-state index >= 15 is 0 Å². The van der Waals surface area contributed by atoms with E-state index in [1.54, 1.807) is 17.4 Å². The Morgan fingerprint density at radius 1 is 1.22 bits per heavy atom. The Balaban J connectivity index is 1.48. The zero-order chi connectivity index (χ0) is 18.9. The van der Waals surface area contributed by atoms with E-state index in [9.17, 15) is 13.6 Å². The molecule has 3 aromatic rings. The van der Waals surface area contributed by atoms with Crippen LogP contribution in [0.4, 0.5) is 8.78 Å². The second kappa shape index (κ2) is 7.23. The number of rotatable bonds is 5. The summed E-state index contributed by atoms with van der Waals surface area (Å²) in [5.41, 5.74) is 0.151. The lowest BCUT2D eigenvalue weighted by Gasteiger charge is -2.26. The molecule has 1 aromatic carbocycles. The van der Waals surface area contributed by atoms with Gasteiger partial charge in [-0.1, -0.05) is 24.1 Å². The summed E-state index contributed by atoms with van der Waals surface area (Å²) >= 11 is 1.61. The van der Waals surface area contributed by atoms with Crippen molar-refractivity contribution in [1.82, 2.24) is 10.5 Å². The largest absolute Gasteiger partial charge is 0.356 e. The SMILES string of the molecule is O=C(NCc1cc(-c2ccc(F)cc2F)on1)C1(c2cccs2)CCCC1. The molecule has 1 aliphatic carbocycles. The summed E-state index contributed by atoms with van der Waals surface area (Å²) in [6.07, 6.45) is 3.74. The van der Waals surface area contributed by atoms with E-state index in [4.69, 9.17) is 4.52 Å². The number of thiophene rings is 1. The summed E-state index contributed by atoms with van der Waals surface area (Å²) in [6.45, 7) is 0.193. The molecule has 0 aliphatic heterocycles. The van der Waals surface area contributed by atoms with Crippen LogP contribution < -0.4 is 5.32 Å². The van der Waals surface area contributed by atoms with Crippen LogP contribution in [-0.4, -0.2) is 11.1 Å². The molecule has 0 bridgehead atoms. The molecule has 1 aliphatic rings. The van der Waals surface area contributed by atoms with Crippen LogP contribution in [0.1, 0.15) is 36.3 Å². The molecule has 0 atom stereocenters. The normalized spacial score (nSPS) is 15.8. The number of hydrogen-bond donors (Lipinski definition) is 1. The summed E-state index contributed by atoms with van der Waals surface area (Å²) in [6, 6.07) is 8.80. The van der Waals surface area contributed by atoms with E-state index < -0.39 is 17.0 Å². The van der Waals surface area contributed by atoms with Crippen LogP contribution in [0.15, 0.2) is 46.3 Å². The van der Waals surface area contributed by atoms with Gasteiger partial charge < -0.3 is 9.84 Å². The number of carbonyl (C=O) groups is 1. The maximum Gasteiger partial charge on any atom is 0.231 e. The maximum atomic E-state index is 13.9. The van der Waals surface area contributed by atoms with Crippen LogP contribution in [0.2, 0.25) is 0 Å². The van der Waals surface area contributed by atoms with Crippen molar-refractivity contribution in [2.45, 2.75) is 37.6 Å². The van der Waals surface area contributed by atoms with Crippen molar-refractivity contribution in [3.8, 4) is 11.3 Å². The highest BCUT2D eigenvalue weighted by Crippen LogP contribution is 2.43. The number of amides is 1. The van der Waals surface area contributed by atoms with Crippen LogP contribution in [0.3, 0.4) is 0 Å². The van der Waals surface area contributed by atoms with E-state index in [1.807, 2.05) is 17.5 Å². The number of benzene rings is 1. The van der Waals surface area contributed by atoms with Crippen molar-refractivity contribution >= 4 is 17.2 Å². The van der Waals surface area contributed by atoms with Gasteiger partial charge >= 0.3 is 0 Å². The lowest BCUT2D eigenvalue weighted by atomic mass is 9.83. The summed E-state index contributed by atoms with van der Waals surface area (Å²) in [7, 11) is 0. The Kier molecular flexibility index (Phi) is 4.78. The van der Waals surface area contributed by atoms with Crippen molar-refractivity contribution in [3.05, 3.63) is 64.0 Å². The average Bonchev–Trinajstić information content (AvgIpc) is 3.40. The second-order valence-electron chi connectivity index (χ2n) is 6.76. The lowest BCUT2D eigenvalue weighted by molar-refractivity contribution is -0.126. The first kappa shape index (κ1) is 17.9. The average molecular weight is 388 g/mol. The number of halogens is 2. The topological polar surface area (TPSA) is 55.1 Å². The van der Waals surface area contributed by atoms with Crippen LogP contribution in [0, 0.1) is 11.6 Å². The molecular weight excluding hydrogens is 370 g/mol. The molecule has 0 radical (unpaired) electrons. The minimum Gasteiger partial charge on any atom is -0.356 e. The van der Waals surface area contributed by atoms with Gasteiger partial charge in [0.15, 0.2) is 5.76 Å². The quantitative estimate of drug-likeness (QED) is 0.682. The van der Waals surface area contributed by atoms with Gasteiger partial charge in [-0.25, -0.2) is 8.78 Å². The molecule has 2 aromatic heterocycles. The molecule has 27 heavy (non-hydrogen) atoms. The Morgan fingerprint density at radius 3 is 2.74 bits per heavy atom. The van der Waals surface area contributed by atoms with E-state index in [0.717, 1.165) is 42.7 Å². The van der Waals surface area contributed by atoms with E-state index in [-0.39, 0.29) is 23.8 Å². The molecule has 0 saturated heterocycles. The molecule has 1 fully saturated rings. The maximum absolute atomic E-state index is 13.9. The zero-order valence-corrected chi connectivity index (χ0v) is 15.3. The fraction of sp³-hybridized carbons (Fsp3) is 0.300. The number of nitrogens with one attached hydrogen (secondary N) is 1. The first-order chi connectivity index (χ1) is 13.1. The van der Waals surface area contributed by atoms with E-state index in [1.165, 1.54) is 6.07 Å². The molecule has 1 N–H and O–H groups in total. The minimum absolute atomic E-state index is 0.0139. The third-order valence-corrected chi connectivity index (χ3v) is 6.14. The number of nitrogens with zero attached hydrogens (tertiary/aromatic N) is 1. The summed E-state index contributed by atoms with van der Waals surface area (Å²) < 4.78 is 32.1. The van der Waals surface area contributed by atoms with Crippen molar-refractivity contribution in [1.29, 1.82) is 0 Å². The third kappa shape index (κ3) is 3.39. The van der Waals surface area contributed by atoms with Gasteiger partial charge in [0.1, 0.15) is 17.3 Å². The summed E-state index contributed by atoms with van der Waals surface area (Å²) in [5, 5.41) is 8.83. The van der Waals surface area contributed by atoms with Crippen molar-refractivity contribution in [3.63, 3.8) is 0 Å². The molecular formula is C20H18F2N2O2S. The molecule has 0 spiro atoms. The molecule has 1 amide bonds. The van der Waals surface area contributed by atoms with Crippen LogP contribution >= 0.6 is 11.3 Å². The lowest BCUT2D eigenvalue weighted by Crippen LogP contribution is -2.41. The van der Waals surface area contributed by atoms with Gasteiger partial charge in [-0.05, 0) is 36.4 Å². The Bertz CT molecular complexity index is 947. The summed E-state index contributed by atoms with van der Waals surface area (Å²) in [5.74, 6) is -1.19. The standard InChI is InChI=1S/C20H18F2N2O2S/c21-13-5-6-15(16(22)10-13)17-11-14(24-26-17)12-23-19(25)20(7-1-2-8-20)18-4-3-9-27-18/h3-6,9-11H,1-2,7-8,12H2,(H,23,25). The van der Waals surface area contributed by atoms with Gasteiger partial charge in [-0.15, -0.1) is 11.3 Å². The molecule has 1 saturated carbocycles. The molecule has 2 heterocycles. The predicted molar refractivity (Wildman–Crippen MR) is 98.2 cm³/mol. The fourth-order valence-corrected chi connectivity index (χ4v) is 4.65. The van der Waals surface area contributed by atoms with Crippen LogP contribution in [-0.2, 0) is 16.8 Å². The van der Waals surface area contributed by atoms with Crippen LogP contribution in [0.5, 0.6) is 0 Å². The monoisotopic (exact) mass is 388 g/mol. The van der Waals surface area contributed by atoms with Gasteiger partial charge in [0.05, 0.1) is 17.5 Å². The van der Waals surface area contributed by atoms with Crippen molar-refractivity contribution in [2.75, 3.05) is 0 Å². The highest BCUT2D eigenvalue weighted by molar-refractivity contribution is 7.10. The molecule has 0 unspecified atom stereocenters. The van der Waals surface area contributed by atoms with Gasteiger partial charge in [-0.3, -0.25) is 4.79 Å². The molecule has 4 rings (SSSR count). The number of hydrogen-bond acceptors (Lipinski definition) is 4. The van der Waals surface area contributed by atoms with Crippen molar-refractivity contribution in [2.24, 2.45) is 0 Å².